The minimum atomic E-state index is -1.56. The molecule has 0 unspecified atom stereocenters. The molecule has 0 fully saturated rings. The molecule has 0 rings (SSSR count). The molecule has 0 aromatic carbocycles. The molecule has 0 aliphatic heterocycles. The van der Waals surface area contributed by atoms with Crippen molar-refractivity contribution in [3.63, 3.8) is 0 Å². The lowest BCUT2D eigenvalue weighted by Crippen LogP contribution is -2.50. The topological polar surface area (TPSA) is 145 Å². The Morgan fingerprint density at radius 2 is 1.52 bits per heavy atom. The Labute approximate surface area is 144 Å². The van der Waals surface area contributed by atoms with Gasteiger partial charge >= 0.3 is 23.9 Å². The van der Waals surface area contributed by atoms with Gasteiger partial charge in [-0.15, -0.1) is 0 Å². The Morgan fingerprint density at radius 1 is 1.00 bits per heavy atom. The third-order valence-corrected chi connectivity index (χ3v) is 3.41. The number of ether oxygens (including phenoxy) is 3. The first-order valence-corrected chi connectivity index (χ1v) is 7.52. The van der Waals surface area contributed by atoms with E-state index < -0.39 is 47.7 Å². The van der Waals surface area contributed by atoms with Crippen molar-refractivity contribution < 1.29 is 43.3 Å². The zero-order valence-electron chi connectivity index (χ0n) is 14.6. The molecule has 1 amide bonds. The summed E-state index contributed by atoms with van der Waals surface area (Å²) in [7, 11) is 2.08. The van der Waals surface area contributed by atoms with Crippen LogP contribution in [0.4, 0.5) is 0 Å². The van der Waals surface area contributed by atoms with Gasteiger partial charge in [0, 0.05) is 12.3 Å². The number of carbonyl (C=O) groups is 5. The molecule has 0 aromatic rings. The number of esters is 3. The summed E-state index contributed by atoms with van der Waals surface area (Å²) in [6.07, 6.45) is -0.520. The van der Waals surface area contributed by atoms with Crippen molar-refractivity contribution in [3.05, 3.63) is 0 Å². The number of aliphatic carboxylic acids is 1. The average Bonchev–Trinajstić information content (AvgIpc) is 2.57. The smallest absolute Gasteiger partial charge is 0.326 e. The summed E-state index contributed by atoms with van der Waals surface area (Å²) < 4.78 is 13.6. The van der Waals surface area contributed by atoms with Crippen molar-refractivity contribution >= 4 is 29.8 Å². The van der Waals surface area contributed by atoms with Crippen molar-refractivity contribution in [2.24, 2.45) is 11.8 Å². The van der Waals surface area contributed by atoms with E-state index >= 15 is 0 Å². The maximum absolute atomic E-state index is 11.9. The van der Waals surface area contributed by atoms with Gasteiger partial charge < -0.3 is 24.6 Å². The van der Waals surface area contributed by atoms with Crippen molar-refractivity contribution in [1.29, 1.82) is 0 Å². The standard InChI is InChI=1S/C15H23NO9/c1-5-25-10(18)7-6-9(17)16-12(13(19)20)8(2)11(14(21)23-3)15(22)24-4/h8,11-12H,5-7H2,1-4H3,(H,16,17)(H,19,20)/t8-,12-/m0/s1. The maximum atomic E-state index is 11.9. The third-order valence-electron chi connectivity index (χ3n) is 3.41. The van der Waals surface area contributed by atoms with Crippen LogP contribution in [0.2, 0.25) is 0 Å². The predicted molar refractivity (Wildman–Crippen MR) is 82.1 cm³/mol. The molecule has 0 bridgehead atoms. The lowest BCUT2D eigenvalue weighted by molar-refractivity contribution is -0.163. The van der Waals surface area contributed by atoms with Crippen LogP contribution in [-0.2, 0) is 38.2 Å². The second-order valence-corrected chi connectivity index (χ2v) is 5.07. The molecule has 2 atom stereocenters. The van der Waals surface area contributed by atoms with Crippen LogP contribution < -0.4 is 5.32 Å². The van der Waals surface area contributed by atoms with Gasteiger partial charge in [-0.3, -0.25) is 19.2 Å². The van der Waals surface area contributed by atoms with E-state index in [4.69, 9.17) is 0 Å². The van der Waals surface area contributed by atoms with Gasteiger partial charge in [0.1, 0.15) is 6.04 Å². The highest BCUT2D eigenvalue weighted by molar-refractivity contribution is 5.96. The molecule has 0 spiro atoms. The summed E-state index contributed by atoms with van der Waals surface area (Å²) in [4.78, 5) is 58.0. The van der Waals surface area contributed by atoms with Gasteiger partial charge in [0.25, 0.3) is 0 Å². The second kappa shape index (κ2) is 11.0. The highest BCUT2D eigenvalue weighted by Crippen LogP contribution is 2.20. The number of nitrogens with one attached hydrogen (secondary N) is 1. The first kappa shape index (κ1) is 22.4. The van der Waals surface area contributed by atoms with Crippen molar-refractivity contribution in [3.8, 4) is 0 Å². The average molecular weight is 361 g/mol. The number of methoxy groups -OCH3 is 2. The molecule has 142 valence electrons. The van der Waals surface area contributed by atoms with Crippen molar-refractivity contribution in [2.75, 3.05) is 20.8 Å². The summed E-state index contributed by atoms with van der Waals surface area (Å²) >= 11 is 0. The SMILES string of the molecule is CCOC(=O)CCC(=O)N[C@H](C(=O)O)[C@@H](C)C(C(=O)OC)C(=O)OC. The van der Waals surface area contributed by atoms with Crippen LogP contribution in [0.1, 0.15) is 26.7 Å². The molecule has 0 aliphatic rings. The lowest BCUT2D eigenvalue weighted by atomic mass is 9.87. The van der Waals surface area contributed by atoms with E-state index in [0.717, 1.165) is 14.2 Å². The number of rotatable bonds is 10. The fourth-order valence-electron chi connectivity index (χ4n) is 2.08. The fourth-order valence-corrected chi connectivity index (χ4v) is 2.08. The summed E-state index contributed by atoms with van der Waals surface area (Å²) in [5.41, 5.74) is 0. The molecule has 10 heteroatoms. The first-order chi connectivity index (χ1) is 11.7. The molecule has 25 heavy (non-hydrogen) atoms. The van der Waals surface area contributed by atoms with Gasteiger partial charge in [0.2, 0.25) is 5.91 Å². The highest BCUT2D eigenvalue weighted by atomic mass is 16.5. The summed E-state index contributed by atoms with van der Waals surface area (Å²) in [6.45, 7) is 3.07. The van der Waals surface area contributed by atoms with Crippen LogP contribution in [0.3, 0.4) is 0 Å². The van der Waals surface area contributed by atoms with Gasteiger partial charge in [-0.2, -0.15) is 0 Å². The molecule has 0 aromatic heterocycles. The molecule has 0 heterocycles. The van der Waals surface area contributed by atoms with Crippen LogP contribution in [0.25, 0.3) is 0 Å². The van der Waals surface area contributed by atoms with E-state index in [-0.39, 0.29) is 19.4 Å². The van der Waals surface area contributed by atoms with Crippen molar-refractivity contribution in [1.82, 2.24) is 5.32 Å². The zero-order chi connectivity index (χ0) is 19.6. The Balaban J connectivity index is 5.09. The number of carboxylic acids is 1. The van der Waals surface area contributed by atoms with Crippen LogP contribution in [0, 0.1) is 11.8 Å². The van der Waals surface area contributed by atoms with Gasteiger partial charge in [-0.1, -0.05) is 6.92 Å². The zero-order valence-corrected chi connectivity index (χ0v) is 14.6. The molecule has 0 radical (unpaired) electrons. The van der Waals surface area contributed by atoms with E-state index in [1.807, 2.05) is 0 Å². The minimum Gasteiger partial charge on any atom is -0.480 e. The van der Waals surface area contributed by atoms with Gasteiger partial charge in [-0.05, 0) is 6.92 Å². The van der Waals surface area contributed by atoms with Gasteiger partial charge in [0.05, 0.1) is 27.2 Å². The molecular formula is C15H23NO9. The van der Waals surface area contributed by atoms with Crippen LogP contribution in [0.15, 0.2) is 0 Å². The number of amides is 1. The first-order valence-electron chi connectivity index (χ1n) is 7.52. The maximum Gasteiger partial charge on any atom is 0.326 e. The van der Waals surface area contributed by atoms with Crippen molar-refractivity contribution in [2.45, 2.75) is 32.7 Å². The van der Waals surface area contributed by atoms with Crippen LogP contribution in [-0.4, -0.2) is 61.8 Å². The Bertz CT molecular complexity index is 501. The quantitative estimate of drug-likeness (QED) is 0.298. The minimum absolute atomic E-state index is 0.162. The Kier molecular flexibility index (Phi) is 9.83. The van der Waals surface area contributed by atoms with Gasteiger partial charge in [-0.25, -0.2) is 4.79 Å². The van der Waals surface area contributed by atoms with E-state index in [0.29, 0.717) is 0 Å². The summed E-state index contributed by atoms with van der Waals surface area (Å²) in [5, 5.41) is 11.5. The number of carboxylic acid groups (broad SMARTS) is 1. The molecule has 0 saturated heterocycles. The predicted octanol–water partition coefficient (Wildman–Crippen LogP) is -0.503. The largest absolute Gasteiger partial charge is 0.480 e. The second-order valence-electron chi connectivity index (χ2n) is 5.07. The number of carbonyl (C=O) groups excluding carboxylic acids is 4. The summed E-state index contributed by atoms with van der Waals surface area (Å²) in [6, 6.07) is -1.56. The number of hydrogen-bond donors (Lipinski definition) is 2. The Hall–Kier alpha value is -2.65. The van der Waals surface area contributed by atoms with E-state index in [2.05, 4.69) is 19.5 Å². The van der Waals surface area contributed by atoms with E-state index in [1.165, 1.54) is 6.92 Å². The normalized spacial score (nSPS) is 12.7. The molecular weight excluding hydrogens is 338 g/mol. The van der Waals surface area contributed by atoms with E-state index in [1.54, 1.807) is 6.92 Å². The highest BCUT2D eigenvalue weighted by Gasteiger charge is 2.41. The fraction of sp³-hybridized carbons (Fsp3) is 0.667. The molecule has 10 nitrogen and oxygen atoms in total. The Morgan fingerprint density at radius 3 is 1.92 bits per heavy atom. The van der Waals surface area contributed by atoms with E-state index in [9.17, 15) is 29.1 Å². The summed E-state index contributed by atoms with van der Waals surface area (Å²) in [5.74, 6) is -7.42. The number of hydrogen-bond acceptors (Lipinski definition) is 8. The molecule has 2 N–H and O–H groups in total. The molecule has 0 aliphatic carbocycles. The monoisotopic (exact) mass is 361 g/mol. The van der Waals surface area contributed by atoms with Crippen LogP contribution in [0.5, 0.6) is 0 Å². The third kappa shape index (κ3) is 7.19. The van der Waals surface area contributed by atoms with Crippen LogP contribution >= 0.6 is 0 Å². The molecule has 0 saturated carbocycles. The lowest BCUT2D eigenvalue weighted by Gasteiger charge is -2.25. The van der Waals surface area contributed by atoms with Gasteiger partial charge in [0.15, 0.2) is 5.92 Å².